The van der Waals surface area contributed by atoms with Gasteiger partial charge < -0.3 is 0 Å². The van der Waals surface area contributed by atoms with Crippen molar-refractivity contribution in [1.82, 2.24) is 4.90 Å². The number of benzene rings is 1. The highest BCUT2D eigenvalue weighted by Crippen LogP contribution is 2.35. The number of hydrogen-bond donors (Lipinski definition) is 0. The molecule has 3 heteroatoms. The van der Waals surface area contributed by atoms with Gasteiger partial charge >= 0.3 is 0 Å². The Labute approximate surface area is 96.5 Å². The van der Waals surface area contributed by atoms with Crippen LogP contribution in [0.5, 0.6) is 0 Å². The van der Waals surface area contributed by atoms with Crippen molar-refractivity contribution >= 4 is 37.4 Å². The molecule has 0 saturated heterocycles. The quantitative estimate of drug-likeness (QED) is 0.591. The number of hydrogen-bond acceptors (Lipinski definition) is 2. The molecule has 0 saturated carbocycles. The van der Waals surface area contributed by atoms with Gasteiger partial charge in [-0.3, -0.25) is 4.90 Å². The van der Waals surface area contributed by atoms with Crippen molar-refractivity contribution in [2.45, 2.75) is 4.95 Å². The summed E-state index contributed by atoms with van der Waals surface area (Å²) < 4.78 is 1.36. The highest BCUT2D eigenvalue weighted by molar-refractivity contribution is 9.09. The minimum absolute atomic E-state index is 0.304. The molecular formula is C11H12BrNS. The lowest BCUT2D eigenvalue weighted by atomic mass is 10.2. The van der Waals surface area contributed by atoms with Gasteiger partial charge in [-0.2, -0.15) is 0 Å². The fourth-order valence-electron chi connectivity index (χ4n) is 1.46. The van der Waals surface area contributed by atoms with Crippen LogP contribution in [-0.2, 0) is 0 Å². The molecule has 1 unspecified atom stereocenters. The van der Waals surface area contributed by atoms with Crippen LogP contribution < -0.4 is 0 Å². The van der Waals surface area contributed by atoms with E-state index in [0.29, 0.717) is 4.95 Å². The maximum atomic E-state index is 3.68. The predicted octanol–water partition coefficient (Wildman–Crippen LogP) is 3.86. The van der Waals surface area contributed by atoms with Gasteiger partial charge in [0.05, 0.1) is 4.95 Å². The minimum Gasteiger partial charge on any atom is -0.293 e. The first kappa shape index (κ1) is 10.1. The van der Waals surface area contributed by atoms with Crippen molar-refractivity contribution in [2.75, 3.05) is 14.1 Å². The van der Waals surface area contributed by atoms with Crippen LogP contribution in [0.25, 0.3) is 10.1 Å². The van der Waals surface area contributed by atoms with Gasteiger partial charge in [0.25, 0.3) is 0 Å². The van der Waals surface area contributed by atoms with Crippen LogP contribution in [0.15, 0.2) is 29.6 Å². The van der Waals surface area contributed by atoms with Crippen LogP contribution in [0.1, 0.15) is 10.5 Å². The molecule has 1 atom stereocenters. The SMILES string of the molecule is CN(C)C(Br)c1csc2ccccc12. The number of thiophene rings is 1. The smallest absolute Gasteiger partial charge is 0.0920 e. The average molecular weight is 270 g/mol. The van der Waals surface area contributed by atoms with Crippen LogP contribution in [-0.4, -0.2) is 19.0 Å². The lowest BCUT2D eigenvalue weighted by Gasteiger charge is -2.17. The third-order valence-corrected chi connectivity index (χ3v) is 4.51. The zero-order valence-corrected chi connectivity index (χ0v) is 10.6. The molecule has 0 amide bonds. The fourth-order valence-corrected chi connectivity index (χ4v) is 2.99. The molecule has 14 heavy (non-hydrogen) atoms. The number of alkyl halides is 1. The second kappa shape index (κ2) is 4.01. The molecular weight excluding hydrogens is 258 g/mol. The highest BCUT2D eigenvalue weighted by Gasteiger charge is 2.13. The third kappa shape index (κ3) is 1.72. The van der Waals surface area contributed by atoms with Gasteiger partial charge in [-0.15, -0.1) is 11.3 Å². The van der Waals surface area contributed by atoms with Crippen LogP contribution in [0.4, 0.5) is 0 Å². The molecule has 74 valence electrons. The second-order valence-electron chi connectivity index (χ2n) is 3.49. The number of nitrogens with zero attached hydrogens (tertiary/aromatic N) is 1. The van der Waals surface area contributed by atoms with E-state index in [9.17, 15) is 0 Å². The number of rotatable bonds is 2. The van der Waals surface area contributed by atoms with Crippen molar-refractivity contribution in [2.24, 2.45) is 0 Å². The number of fused-ring (bicyclic) bond motifs is 1. The molecule has 2 aromatic rings. The molecule has 0 bridgehead atoms. The molecule has 0 aliphatic carbocycles. The minimum atomic E-state index is 0.304. The Morgan fingerprint density at radius 2 is 2.00 bits per heavy atom. The largest absolute Gasteiger partial charge is 0.293 e. The van der Waals surface area contributed by atoms with E-state index in [-0.39, 0.29) is 0 Å². The first-order chi connectivity index (χ1) is 6.70. The molecule has 1 aromatic heterocycles. The maximum absolute atomic E-state index is 3.68. The first-order valence-electron chi connectivity index (χ1n) is 4.47. The van der Waals surface area contributed by atoms with E-state index in [1.165, 1.54) is 15.6 Å². The Kier molecular flexibility index (Phi) is 2.91. The lowest BCUT2D eigenvalue weighted by Crippen LogP contribution is -2.13. The molecule has 0 aliphatic rings. The Bertz CT molecular complexity index is 436. The van der Waals surface area contributed by atoms with Crippen molar-refractivity contribution in [3.05, 3.63) is 35.2 Å². The molecule has 0 aliphatic heterocycles. The zero-order valence-electron chi connectivity index (χ0n) is 8.20. The van der Waals surface area contributed by atoms with Crippen LogP contribution in [0.2, 0.25) is 0 Å². The van der Waals surface area contributed by atoms with Crippen molar-refractivity contribution < 1.29 is 0 Å². The average Bonchev–Trinajstić information content (AvgIpc) is 2.60. The summed E-state index contributed by atoms with van der Waals surface area (Å²) >= 11 is 5.49. The molecule has 1 heterocycles. The van der Waals surface area contributed by atoms with Gasteiger partial charge in [0, 0.05) is 4.70 Å². The maximum Gasteiger partial charge on any atom is 0.0920 e. The summed E-state index contributed by atoms with van der Waals surface area (Å²) in [4.78, 5) is 2.47. The lowest BCUT2D eigenvalue weighted by molar-refractivity contribution is 0.400. The molecule has 0 spiro atoms. The Balaban J connectivity index is 2.53. The van der Waals surface area contributed by atoms with Gasteiger partial charge in [0.15, 0.2) is 0 Å². The summed E-state index contributed by atoms with van der Waals surface area (Å²) in [5.74, 6) is 0. The van der Waals surface area contributed by atoms with Gasteiger partial charge in [-0.05, 0) is 36.5 Å². The summed E-state index contributed by atoms with van der Waals surface area (Å²) in [7, 11) is 4.15. The van der Waals surface area contributed by atoms with Gasteiger partial charge in [0.1, 0.15) is 0 Å². The summed E-state index contributed by atoms with van der Waals surface area (Å²) in [6.45, 7) is 0. The van der Waals surface area contributed by atoms with Gasteiger partial charge in [-0.1, -0.05) is 34.1 Å². The first-order valence-corrected chi connectivity index (χ1v) is 6.26. The Morgan fingerprint density at radius 3 is 2.71 bits per heavy atom. The predicted molar refractivity (Wildman–Crippen MR) is 67.2 cm³/mol. The summed E-state index contributed by atoms with van der Waals surface area (Å²) in [5.41, 5.74) is 1.36. The number of halogens is 1. The van der Waals surface area contributed by atoms with E-state index in [1.807, 2.05) is 0 Å². The second-order valence-corrected chi connectivity index (χ2v) is 5.27. The molecule has 0 N–H and O–H groups in total. The molecule has 0 fully saturated rings. The summed E-state index contributed by atoms with van der Waals surface area (Å²) in [5, 5.41) is 3.58. The van der Waals surface area contributed by atoms with Crippen LogP contribution in [0.3, 0.4) is 0 Å². The van der Waals surface area contributed by atoms with Crippen molar-refractivity contribution in [3.8, 4) is 0 Å². The topological polar surface area (TPSA) is 3.24 Å². The van der Waals surface area contributed by atoms with E-state index in [4.69, 9.17) is 0 Å². The van der Waals surface area contributed by atoms with Gasteiger partial charge in [0.2, 0.25) is 0 Å². The molecule has 0 radical (unpaired) electrons. The Hall–Kier alpha value is -0.380. The van der Waals surface area contributed by atoms with Crippen molar-refractivity contribution in [1.29, 1.82) is 0 Å². The third-order valence-electron chi connectivity index (χ3n) is 2.22. The van der Waals surface area contributed by atoms with E-state index in [0.717, 1.165) is 0 Å². The monoisotopic (exact) mass is 269 g/mol. The summed E-state index contributed by atoms with van der Waals surface area (Å²) in [6.07, 6.45) is 0. The molecule has 1 aromatic carbocycles. The van der Waals surface area contributed by atoms with E-state index in [2.05, 4.69) is 64.6 Å². The van der Waals surface area contributed by atoms with Gasteiger partial charge in [-0.25, -0.2) is 0 Å². The van der Waals surface area contributed by atoms with E-state index >= 15 is 0 Å². The van der Waals surface area contributed by atoms with Crippen LogP contribution >= 0.6 is 27.3 Å². The molecule has 1 nitrogen and oxygen atoms in total. The van der Waals surface area contributed by atoms with Crippen LogP contribution in [0, 0.1) is 0 Å². The standard InChI is InChI=1S/C11H12BrNS/c1-13(2)11(12)9-7-14-10-6-4-3-5-8(9)10/h3-7,11H,1-2H3. The normalized spacial score (nSPS) is 13.7. The summed E-state index contributed by atoms with van der Waals surface area (Å²) in [6, 6.07) is 8.52. The van der Waals surface area contributed by atoms with Crippen molar-refractivity contribution in [3.63, 3.8) is 0 Å². The fraction of sp³-hybridized carbons (Fsp3) is 0.273. The van der Waals surface area contributed by atoms with E-state index < -0.39 is 0 Å². The van der Waals surface area contributed by atoms with E-state index in [1.54, 1.807) is 11.3 Å². The highest BCUT2D eigenvalue weighted by atomic mass is 79.9. The Morgan fingerprint density at radius 1 is 1.29 bits per heavy atom. The zero-order chi connectivity index (χ0) is 10.1. The molecule has 2 rings (SSSR count).